The Balaban J connectivity index is 1.71. The predicted molar refractivity (Wildman–Crippen MR) is 75.9 cm³/mol. The Morgan fingerprint density at radius 2 is 2.22 bits per heavy atom. The Bertz CT molecular complexity index is 383. The summed E-state index contributed by atoms with van der Waals surface area (Å²) in [5, 5.41) is 4.92. The van der Waals surface area contributed by atoms with Crippen LogP contribution in [0.1, 0.15) is 44.6 Å². The highest BCUT2D eigenvalue weighted by Crippen LogP contribution is 2.28. The largest absolute Gasteiger partial charge is 0.298 e. The minimum Gasteiger partial charge on any atom is -0.298 e. The molecule has 1 fully saturated rings. The molecule has 0 spiro atoms. The van der Waals surface area contributed by atoms with Crippen molar-refractivity contribution in [3.05, 3.63) is 18.0 Å². The van der Waals surface area contributed by atoms with Gasteiger partial charge in [-0.25, -0.2) is 0 Å². The van der Waals surface area contributed by atoms with Gasteiger partial charge in [0, 0.05) is 24.4 Å². The molecule has 100 valence electrons. The van der Waals surface area contributed by atoms with E-state index in [-0.39, 0.29) is 0 Å². The van der Waals surface area contributed by atoms with Gasteiger partial charge >= 0.3 is 0 Å². The number of aromatic nitrogens is 2. The lowest BCUT2D eigenvalue weighted by molar-refractivity contribution is -0.116. The Labute approximate surface area is 113 Å². The third kappa shape index (κ3) is 4.16. The van der Waals surface area contributed by atoms with Gasteiger partial charge in [-0.15, -0.1) is 0 Å². The summed E-state index contributed by atoms with van der Waals surface area (Å²) in [4.78, 5) is 11.9. The lowest BCUT2D eigenvalue weighted by atomic mass is 10.0. The van der Waals surface area contributed by atoms with Crippen LogP contribution in [0.2, 0.25) is 0 Å². The molecule has 18 heavy (non-hydrogen) atoms. The maximum atomic E-state index is 11.9. The molecule has 0 aliphatic heterocycles. The van der Waals surface area contributed by atoms with Crippen molar-refractivity contribution in [2.45, 2.75) is 57.2 Å². The number of hydrogen-bond donors (Lipinski definition) is 0. The molecule has 1 heterocycles. The zero-order chi connectivity index (χ0) is 12.8. The zero-order valence-electron chi connectivity index (χ0n) is 11.1. The van der Waals surface area contributed by atoms with Crippen LogP contribution in [0.15, 0.2) is 12.4 Å². The normalized spacial score (nSPS) is 16.9. The number of hydrogen-bond acceptors (Lipinski definition) is 3. The molecule has 0 unspecified atom stereocenters. The van der Waals surface area contributed by atoms with Gasteiger partial charge < -0.3 is 0 Å². The summed E-state index contributed by atoms with van der Waals surface area (Å²) in [6.07, 6.45) is 11.0. The van der Waals surface area contributed by atoms with Crippen LogP contribution < -0.4 is 0 Å². The van der Waals surface area contributed by atoms with Crippen molar-refractivity contribution < 1.29 is 4.79 Å². The molecular weight excluding hydrogens is 244 g/mol. The standard InChI is InChI=1S/C14H22N2OS/c1-2-16-10-12(9-15-16)8-13(17)11-18-14-6-4-3-5-7-14/h9-10,14H,2-8,11H2,1H3. The van der Waals surface area contributed by atoms with Gasteiger partial charge in [-0.1, -0.05) is 19.3 Å². The van der Waals surface area contributed by atoms with Gasteiger partial charge in [0.15, 0.2) is 0 Å². The number of nitrogens with zero attached hydrogens (tertiary/aromatic N) is 2. The second-order valence-electron chi connectivity index (χ2n) is 4.99. The molecule has 0 atom stereocenters. The van der Waals surface area contributed by atoms with E-state index in [1.807, 2.05) is 28.8 Å². The van der Waals surface area contributed by atoms with Gasteiger partial charge in [-0.05, 0) is 25.3 Å². The quantitative estimate of drug-likeness (QED) is 0.793. The molecular formula is C14H22N2OS. The first kappa shape index (κ1) is 13.7. The number of aryl methyl sites for hydroxylation is 1. The van der Waals surface area contributed by atoms with E-state index in [2.05, 4.69) is 12.0 Å². The summed E-state index contributed by atoms with van der Waals surface area (Å²) < 4.78 is 1.87. The fourth-order valence-corrected chi connectivity index (χ4v) is 3.58. The van der Waals surface area contributed by atoms with E-state index in [4.69, 9.17) is 0 Å². The monoisotopic (exact) mass is 266 g/mol. The first-order valence-corrected chi connectivity index (χ1v) is 7.97. The van der Waals surface area contributed by atoms with Crippen molar-refractivity contribution in [3.8, 4) is 0 Å². The second-order valence-corrected chi connectivity index (χ2v) is 6.28. The Hall–Kier alpha value is -0.770. The molecule has 0 saturated heterocycles. The van der Waals surface area contributed by atoms with Crippen LogP contribution in [0.4, 0.5) is 0 Å². The molecule has 1 aromatic heterocycles. The summed E-state index contributed by atoms with van der Waals surface area (Å²) in [7, 11) is 0. The van der Waals surface area contributed by atoms with Crippen molar-refractivity contribution in [1.29, 1.82) is 0 Å². The summed E-state index contributed by atoms with van der Waals surface area (Å²) in [5.41, 5.74) is 1.05. The highest BCUT2D eigenvalue weighted by Gasteiger charge is 2.15. The average molecular weight is 266 g/mol. The van der Waals surface area contributed by atoms with E-state index in [0.717, 1.165) is 17.4 Å². The minimum absolute atomic E-state index is 0.334. The molecule has 4 heteroatoms. The molecule has 1 saturated carbocycles. The average Bonchev–Trinajstić information content (AvgIpc) is 2.85. The van der Waals surface area contributed by atoms with E-state index < -0.39 is 0 Å². The van der Waals surface area contributed by atoms with Gasteiger partial charge in [0.1, 0.15) is 5.78 Å². The van der Waals surface area contributed by atoms with Crippen molar-refractivity contribution in [2.75, 3.05) is 5.75 Å². The molecule has 2 rings (SSSR count). The molecule has 1 aliphatic carbocycles. The first-order valence-electron chi connectivity index (χ1n) is 6.92. The topological polar surface area (TPSA) is 34.9 Å². The highest BCUT2D eigenvalue weighted by atomic mass is 32.2. The molecule has 0 N–H and O–H groups in total. The van der Waals surface area contributed by atoms with Crippen LogP contribution in [0, 0.1) is 0 Å². The van der Waals surface area contributed by atoms with Gasteiger partial charge in [0.05, 0.1) is 11.9 Å². The van der Waals surface area contributed by atoms with Crippen LogP contribution in [0.25, 0.3) is 0 Å². The van der Waals surface area contributed by atoms with E-state index in [9.17, 15) is 4.79 Å². The number of Topliss-reactive ketones (excluding diaryl/α,β-unsaturated/α-hetero) is 1. The summed E-state index contributed by atoms with van der Waals surface area (Å²) in [6, 6.07) is 0. The highest BCUT2D eigenvalue weighted by molar-refractivity contribution is 8.00. The fraction of sp³-hybridized carbons (Fsp3) is 0.714. The molecule has 0 radical (unpaired) electrons. The molecule has 3 nitrogen and oxygen atoms in total. The maximum absolute atomic E-state index is 11.9. The number of rotatable bonds is 6. The minimum atomic E-state index is 0.334. The predicted octanol–water partition coefficient (Wildman–Crippen LogP) is 3.08. The zero-order valence-corrected chi connectivity index (χ0v) is 11.9. The van der Waals surface area contributed by atoms with Gasteiger partial charge in [0.25, 0.3) is 0 Å². The summed E-state index contributed by atoms with van der Waals surface area (Å²) in [6.45, 7) is 2.92. The van der Waals surface area contributed by atoms with Crippen LogP contribution in [-0.2, 0) is 17.8 Å². The third-order valence-electron chi connectivity index (χ3n) is 3.44. The van der Waals surface area contributed by atoms with E-state index >= 15 is 0 Å². The van der Waals surface area contributed by atoms with Crippen LogP contribution >= 0.6 is 11.8 Å². The van der Waals surface area contributed by atoms with E-state index in [1.54, 1.807) is 0 Å². The Morgan fingerprint density at radius 3 is 2.89 bits per heavy atom. The fourth-order valence-electron chi connectivity index (χ4n) is 2.39. The lowest BCUT2D eigenvalue weighted by Gasteiger charge is -2.20. The van der Waals surface area contributed by atoms with Gasteiger partial charge in [-0.3, -0.25) is 9.48 Å². The molecule has 0 amide bonds. The van der Waals surface area contributed by atoms with Crippen molar-refractivity contribution in [2.24, 2.45) is 0 Å². The number of carbonyl (C=O) groups is 1. The lowest BCUT2D eigenvalue weighted by Crippen LogP contribution is -2.13. The third-order valence-corrected chi connectivity index (χ3v) is 4.88. The number of thioether (sulfide) groups is 1. The van der Waals surface area contributed by atoms with E-state index in [0.29, 0.717) is 18.0 Å². The summed E-state index contributed by atoms with van der Waals surface area (Å²) in [5.74, 6) is 1.00. The van der Waals surface area contributed by atoms with Crippen molar-refractivity contribution in [3.63, 3.8) is 0 Å². The van der Waals surface area contributed by atoms with Crippen LogP contribution in [0.5, 0.6) is 0 Å². The Kier molecular flexibility index (Phi) is 5.29. The first-order chi connectivity index (χ1) is 8.78. The van der Waals surface area contributed by atoms with Gasteiger partial charge in [0.2, 0.25) is 0 Å². The van der Waals surface area contributed by atoms with Gasteiger partial charge in [-0.2, -0.15) is 16.9 Å². The molecule has 1 aromatic rings. The van der Waals surface area contributed by atoms with Crippen LogP contribution in [0.3, 0.4) is 0 Å². The van der Waals surface area contributed by atoms with Crippen molar-refractivity contribution >= 4 is 17.5 Å². The van der Waals surface area contributed by atoms with Crippen molar-refractivity contribution in [1.82, 2.24) is 9.78 Å². The maximum Gasteiger partial charge on any atom is 0.147 e. The molecule has 0 aromatic carbocycles. The Morgan fingerprint density at radius 1 is 1.44 bits per heavy atom. The smallest absolute Gasteiger partial charge is 0.147 e. The second kappa shape index (κ2) is 6.98. The number of ketones is 1. The SMILES string of the molecule is CCn1cc(CC(=O)CSC2CCCCC2)cn1. The molecule has 0 bridgehead atoms. The summed E-state index contributed by atoms with van der Waals surface area (Å²) >= 11 is 1.86. The number of carbonyl (C=O) groups excluding carboxylic acids is 1. The molecule has 1 aliphatic rings. The van der Waals surface area contributed by atoms with Crippen LogP contribution in [-0.4, -0.2) is 26.6 Å². The van der Waals surface area contributed by atoms with E-state index in [1.165, 1.54) is 32.1 Å².